The average Bonchev–Trinajstić information content (AvgIpc) is 2.52. The lowest BCUT2D eigenvalue weighted by atomic mass is 10.7. The van der Waals surface area contributed by atoms with Crippen molar-refractivity contribution in [1.29, 1.82) is 0 Å². The number of hydrogen-bond acceptors (Lipinski definition) is 4. The van der Waals surface area contributed by atoms with Crippen molar-refractivity contribution in [2.45, 2.75) is 13.8 Å². The van der Waals surface area contributed by atoms with E-state index >= 15 is 0 Å². The van der Waals surface area contributed by atoms with Gasteiger partial charge in [-0.3, -0.25) is 4.57 Å². The first-order chi connectivity index (χ1) is 6.64. The maximum atomic E-state index is 12.2. The minimum absolute atomic E-state index is 0.375. The SMILES string of the molecule is CCOP(=O)(OCC)c1cscc1Br. The van der Waals surface area contributed by atoms with E-state index in [1.54, 1.807) is 19.2 Å². The third-order valence-electron chi connectivity index (χ3n) is 1.49. The third kappa shape index (κ3) is 2.67. The molecular weight excluding hydrogens is 287 g/mol. The summed E-state index contributed by atoms with van der Waals surface area (Å²) in [5.41, 5.74) is 0. The quantitative estimate of drug-likeness (QED) is 0.782. The number of thiophene rings is 1. The van der Waals surface area contributed by atoms with Gasteiger partial charge in [-0.2, -0.15) is 11.3 Å². The molecule has 0 radical (unpaired) electrons. The molecule has 0 bridgehead atoms. The van der Waals surface area contributed by atoms with Crippen LogP contribution in [0.4, 0.5) is 0 Å². The van der Waals surface area contributed by atoms with E-state index in [-0.39, 0.29) is 0 Å². The molecule has 1 heterocycles. The Balaban J connectivity index is 2.99. The molecule has 0 amide bonds. The Bertz CT molecular complexity index is 329. The number of halogens is 1. The topological polar surface area (TPSA) is 35.5 Å². The lowest BCUT2D eigenvalue weighted by Crippen LogP contribution is -2.09. The van der Waals surface area contributed by atoms with E-state index in [2.05, 4.69) is 15.9 Å². The van der Waals surface area contributed by atoms with Crippen molar-refractivity contribution in [3.63, 3.8) is 0 Å². The summed E-state index contributed by atoms with van der Waals surface area (Å²) in [7, 11) is -3.10. The monoisotopic (exact) mass is 298 g/mol. The van der Waals surface area contributed by atoms with Gasteiger partial charge in [-0.1, -0.05) is 0 Å². The minimum atomic E-state index is -3.10. The standard InChI is InChI=1S/C8H12BrO3PS/c1-3-11-13(10,12-4-2)8-6-14-5-7(8)9/h5-6H,3-4H2,1-2H3. The van der Waals surface area contributed by atoms with Crippen molar-refractivity contribution in [2.24, 2.45) is 0 Å². The fraction of sp³-hybridized carbons (Fsp3) is 0.500. The zero-order chi connectivity index (χ0) is 10.6. The molecule has 0 unspecified atom stereocenters. The molecule has 0 saturated carbocycles. The Labute approximate surface area is 96.1 Å². The van der Waals surface area contributed by atoms with Crippen LogP contribution >= 0.6 is 34.9 Å². The zero-order valence-corrected chi connectivity index (χ0v) is 11.3. The van der Waals surface area contributed by atoms with Crippen molar-refractivity contribution in [1.82, 2.24) is 0 Å². The van der Waals surface area contributed by atoms with Gasteiger partial charge in [0.15, 0.2) is 0 Å². The first kappa shape index (κ1) is 12.4. The molecule has 0 spiro atoms. The van der Waals surface area contributed by atoms with Crippen LogP contribution in [0, 0.1) is 0 Å². The Morgan fingerprint density at radius 3 is 2.29 bits per heavy atom. The Hall–Kier alpha value is 0.330. The summed E-state index contributed by atoms with van der Waals surface area (Å²) in [5.74, 6) is 0. The maximum absolute atomic E-state index is 12.2. The van der Waals surface area contributed by atoms with Gasteiger partial charge in [-0.25, -0.2) is 0 Å². The van der Waals surface area contributed by atoms with Crippen LogP contribution < -0.4 is 5.30 Å². The molecule has 0 aliphatic carbocycles. The molecule has 0 N–H and O–H groups in total. The van der Waals surface area contributed by atoms with Crippen LogP contribution in [0.2, 0.25) is 0 Å². The molecule has 80 valence electrons. The second-order valence-corrected chi connectivity index (χ2v) is 6.03. The van der Waals surface area contributed by atoms with E-state index in [1.807, 2.05) is 5.38 Å². The highest BCUT2D eigenvalue weighted by Gasteiger charge is 2.29. The van der Waals surface area contributed by atoms with Crippen molar-refractivity contribution >= 4 is 40.2 Å². The van der Waals surface area contributed by atoms with Gasteiger partial charge in [-0.15, -0.1) is 0 Å². The Morgan fingerprint density at radius 2 is 1.93 bits per heavy atom. The van der Waals surface area contributed by atoms with Crippen molar-refractivity contribution in [3.05, 3.63) is 15.2 Å². The second-order valence-electron chi connectivity index (χ2n) is 2.44. The maximum Gasteiger partial charge on any atom is 0.363 e. The van der Waals surface area contributed by atoms with Crippen molar-refractivity contribution in [2.75, 3.05) is 13.2 Å². The van der Waals surface area contributed by atoms with Gasteiger partial charge in [0, 0.05) is 15.2 Å². The molecule has 0 aliphatic heterocycles. The molecule has 3 nitrogen and oxygen atoms in total. The molecule has 0 aliphatic rings. The number of hydrogen-bond donors (Lipinski definition) is 0. The highest BCUT2D eigenvalue weighted by Crippen LogP contribution is 2.49. The summed E-state index contributed by atoms with van der Waals surface area (Å²) in [4.78, 5) is 0. The van der Waals surface area contributed by atoms with Gasteiger partial charge in [0.05, 0.1) is 18.5 Å². The van der Waals surface area contributed by atoms with E-state index in [4.69, 9.17) is 9.05 Å². The van der Waals surface area contributed by atoms with E-state index in [0.29, 0.717) is 18.5 Å². The molecule has 0 saturated heterocycles. The average molecular weight is 299 g/mol. The van der Waals surface area contributed by atoms with E-state index < -0.39 is 7.60 Å². The van der Waals surface area contributed by atoms with Gasteiger partial charge in [0.2, 0.25) is 0 Å². The molecule has 6 heteroatoms. The smallest absolute Gasteiger partial charge is 0.305 e. The fourth-order valence-electron chi connectivity index (χ4n) is 0.987. The summed E-state index contributed by atoms with van der Waals surface area (Å²) in [6, 6.07) is 0. The molecule has 0 fully saturated rings. The summed E-state index contributed by atoms with van der Waals surface area (Å²) < 4.78 is 23.4. The summed E-state index contributed by atoms with van der Waals surface area (Å²) in [6.45, 7) is 4.34. The lowest BCUT2D eigenvalue weighted by Gasteiger charge is -2.15. The van der Waals surface area contributed by atoms with Gasteiger partial charge in [0.1, 0.15) is 0 Å². The van der Waals surface area contributed by atoms with Gasteiger partial charge >= 0.3 is 7.60 Å². The zero-order valence-electron chi connectivity index (χ0n) is 8.03. The summed E-state index contributed by atoms with van der Waals surface area (Å²) in [6.07, 6.45) is 0. The lowest BCUT2D eigenvalue weighted by molar-refractivity contribution is 0.230. The van der Waals surface area contributed by atoms with Crippen molar-refractivity contribution in [3.8, 4) is 0 Å². The highest BCUT2D eigenvalue weighted by molar-refractivity contribution is 9.10. The molecule has 1 rings (SSSR count). The number of rotatable bonds is 5. The van der Waals surface area contributed by atoms with E-state index in [1.165, 1.54) is 11.3 Å². The molecule has 1 aromatic heterocycles. The van der Waals surface area contributed by atoms with Gasteiger partial charge in [0.25, 0.3) is 0 Å². The molecule has 1 aromatic rings. The molecular formula is C8H12BrO3PS. The van der Waals surface area contributed by atoms with Gasteiger partial charge < -0.3 is 9.05 Å². The summed E-state index contributed by atoms with van der Waals surface area (Å²) in [5, 5.41) is 4.27. The van der Waals surface area contributed by atoms with Gasteiger partial charge in [-0.05, 0) is 29.8 Å². The summed E-state index contributed by atoms with van der Waals surface area (Å²) >= 11 is 4.79. The first-order valence-electron chi connectivity index (χ1n) is 4.25. The first-order valence-corrected chi connectivity index (χ1v) is 7.53. The van der Waals surface area contributed by atoms with Crippen LogP contribution in [-0.2, 0) is 13.6 Å². The predicted octanol–water partition coefficient (Wildman–Crippen LogP) is 3.40. The highest BCUT2D eigenvalue weighted by atomic mass is 79.9. The Morgan fingerprint density at radius 1 is 1.36 bits per heavy atom. The largest absolute Gasteiger partial charge is 0.363 e. The van der Waals surface area contributed by atoms with Crippen LogP contribution in [0.5, 0.6) is 0 Å². The van der Waals surface area contributed by atoms with Crippen LogP contribution in [0.25, 0.3) is 0 Å². The Kier molecular flexibility index (Phi) is 4.80. The second kappa shape index (κ2) is 5.42. The fourth-order valence-corrected chi connectivity index (χ4v) is 4.94. The van der Waals surface area contributed by atoms with Crippen molar-refractivity contribution < 1.29 is 13.6 Å². The van der Waals surface area contributed by atoms with E-state index in [9.17, 15) is 4.57 Å². The minimum Gasteiger partial charge on any atom is -0.305 e. The van der Waals surface area contributed by atoms with E-state index in [0.717, 1.165) is 4.47 Å². The molecule has 0 aromatic carbocycles. The normalized spacial score (nSPS) is 11.9. The van der Waals surface area contributed by atoms with Crippen LogP contribution in [0.3, 0.4) is 0 Å². The van der Waals surface area contributed by atoms with Crippen LogP contribution in [-0.4, -0.2) is 13.2 Å². The third-order valence-corrected chi connectivity index (χ3v) is 5.83. The van der Waals surface area contributed by atoms with Crippen LogP contribution in [0.15, 0.2) is 15.2 Å². The van der Waals surface area contributed by atoms with Crippen LogP contribution in [0.1, 0.15) is 13.8 Å². The predicted molar refractivity (Wildman–Crippen MR) is 62.5 cm³/mol. The molecule has 0 atom stereocenters. The molecule has 14 heavy (non-hydrogen) atoms.